The number of carbonyl (C=O) groups is 1. The van der Waals surface area contributed by atoms with Crippen LogP contribution < -0.4 is 10.2 Å². The molecule has 0 saturated carbocycles. The van der Waals surface area contributed by atoms with E-state index in [2.05, 4.69) is 31.2 Å². The van der Waals surface area contributed by atoms with Crippen LogP contribution in [0, 0.1) is 0 Å². The number of aromatic nitrogens is 2. The van der Waals surface area contributed by atoms with Crippen LogP contribution in [0.25, 0.3) is 5.57 Å². The number of ketones is 1. The Morgan fingerprint density at radius 2 is 1.93 bits per heavy atom. The van der Waals surface area contributed by atoms with E-state index in [4.69, 9.17) is 11.6 Å². The molecule has 7 heteroatoms. The molecule has 4 rings (SSSR count). The van der Waals surface area contributed by atoms with Gasteiger partial charge in [-0.25, -0.2) is 4.98 Å². The number of benzene rings is 1. The quantitative estimate of drug-likeness (QED) is 0.835. The molecule has 2 aromatic rings. The van der Waals surface area contributed by atoms with E-state index in [-0.39, 0.29) is 11.8 Å². The Kier molecular flexibility index (Phi) is 6.00. The van der Waals surface area contributed by atoms with E-state index in [0.717, 1.165) is 55.5 Å². The highest BCUT2D eigenvalue weighted by atomic mass is 35.5. The maximum atomic E-state index is 12.9. The van der Waals surface area contributed by atoms with E-state index in [1.165, 1.54) is 5.57 Å². The smallest absolute Gasteiger partial charge is 0.164 e. The molecule has 1 aromatic heterocycles. The lowest BCUT2D eigenvalue weighted by Crippen LogP contribution is -2.51. The fourth-order valence-electron chi connectivity index (χ4n) is 3.75. The van der Waals surface area contributed by atoms with Crippen molar-refractivity contribution in [2.24, 2.45) is 0 Å². The van der Waals surface area contributed by atoms with Gasteiger partial charge in [0.1, 0.15) is 5.82 Å². The Morgan fingerprint density at radius 1 is 1.14 bits per heavy atom. The monoisotopic (exact) mass is 397 g/mol. The molecular weight excluding hydrogens is 374 g/mol. The minimum atomic E-state index is -0.131. The van der Waals surface area contributed by atoms with E-state index in [1.807, 2.05) is 24.3 Å². The summed E-state index contributed by atoms with van der Waals surface area (Å²) in [6, 6.07) is 7.70. The van der Waals surface area contributed by atoms with Gasteiger partial charge in [-0.15, -0.1) is 0 Å². The van der Waals surface area contributed by atoms with Gasteiger partial charge in [0.15, 0.2) is 5.78 Å². The molecular formula is C21H24ClN5O. The van der Waals surface area contributed by atoms with Crippen LogP contribution >= 0.6 is 11.6 Å². The Labute approximate surface area is 170 Å². The summed E-state index contributed by atoms with van der Waals surface area (Å²) in [6.45, 7) is 4.64. The van der Waals surface area contributed by atoms with Crippen molar-refractivity contribution in [3.05, 3.63) is 59.5 Å². The number of piperazine rings is 1. The summed E-state index contributed by atoms with van der Waals surface area (Å²) in [5, 5.41) is 4.08. The number of nitrogens with one attached hydrogen (secondary N) is 1. The van der Waals surface area contributed by atoms with Crippen molar-refractivity contribution in [1.82, 2.24) is 20.2 Å². The van der Waals surface area contributed by atoms with Gasteiger partial charge >= 0.3 is 0 Å². The molecule has 6 nitrogen and oxygen atoms in total. The van der Waals surface area contributed by atoms with Crippen molar-refractivity contribution >= 4 is 28.8 Å². The second kappa shape index (κ2) is 8.82. The minimum Gasteiger partial charge on any atom is -0.353 e. The van der Waals surface area contributed by atoms with Crippen molar-refractivity contribution in [3.63, 3.8) is 0 Å². The molecule has 1 fully saturated rings. The van der Waals surface area contributed by atoms with Crippen LogP contribution in [0.15, 0.2) is 48.9 Å². The largest absolute Gasteiger partial charge is 0.353 e. The van der Waals surface area contributed by atoms with E-state index >= 15 is 0 Å². The number of rotatable bonds is 5. The van der Waals surface area contributed by atoms with Gasteiger partial charge in [-0.1, -0.05) is 29.8 Å². The van der Waals surface area contributed by atoms with Gasteiger partial charge in [0.2, 0.25) is 0 Å². The second-order valence-electron chi connectivity index (χ2n) is 7.19. The van der Waals surface area contributed by atoms with Crippen molar-refractivity contribution in [3.8, 4) is 0 Å². The molecule has 0 spiro atoms. The first-order valence-electron chi connectivity index (χ1n) is 9.63. The maximum absolute atomic E-state index is 12.9. The van der Waals surface area contributed by atoms with Gasteiger partial charge in [-0.3, -0.25) is 14.7 Å². The van der Waals surface area contributed by atoms with Gasteiger partial charge in [0.25, 0.3) is 0 Å². The maximum Gasteiger partial charge on any atom is 0.164 e. The average Bonchev–Trinajstić information content (AvgIpc) is 2.75. The fraction of sp³-hybridized carbons (Fsp3) is 0.381. The lowest BCUT2D eigenvalue weighted by Gasteiger charge is -2.35. The van der Waals surface area contributed by atoms with E-state index in [1.54, 1.807) is 18.6 Å². The molecule has 1 N–H and O–H groups in total. The number of halogens is 1. The van der Waals surface area contributed by atoms with E-state index < -0.39 is 0 Å². The molecule has 146 valence electrons. The lowest BCUT2D eigenvalue weighted by atomic mass is 9.93. The third-order valence-electron chi connectivity index (χ3n) is 5.37. The first-order chi connectivity index (χ1) is 13.7. The van der Waals surface area contributed by atoms with Crippen LogP contribution in [-0.2, 0) is 4.79 Å². The SMILES string of the molecule is O=C(CN1CCN(c2cnccn2)CC1)C1CC(c2ccc(Cl)cc2)=CCN1. The van der Waals surface area contributed by atoms with Crippen molar-refractivity contribution < 1.29 is 4.79 Å². The molecule has 0 radical (unpaired) electrons. The summed E-state index contributed by atoms with van der Waals surface area (Å²) in [6.07, 6.45) is 8.07. The summed E-state index contributed by atoms with van der Waals surface area (Å²) < 4.78 is 0. The van der Waals surface area contributed by atoms with Gasteiger partial charge < -0.3 is 10.2 Å². The number of Topliss-reactive ketones (excluding diaryl/α,β-unsaturated/α-hetero) is 1. The van der Waals surface area contributed by atoms with E-state index in [9.17, 15) is 4.79 Å². The normalized spacial score (nSPS) is 20.7. The summed E-state index contributed by atoms with van der Waals surface area (Å²) in [5.74, 6) is 1.16. The van der Waals surface area contributed by atoms with Crippen molar-refractivity contribution in [1.29, 1.82) is 0 Å². The molecule has 3 heterocycles. The highest BCUT2D eigenvalue weighted by Gasteiger charge is 2.26. The molecule has 28 heavy (non-hydrogen) atoms. The van der Waals surface area contributed by atoms with Crippen LogP contribution in [0.4, 0.5) is 5.82 Å². The number of carbonyl (C=O) groups excluding carboxylic acids is 1. The Balaban J connectivity index is 1.30. The average molecular weight is 398 g/mol. The Hall–Kier alpha value is -2.28. The summed E-state index contributed by atoms with van der Waals surface area (Å²) >= 11 is 5.99. The third-order valence-corrected chi connectivity index (χ3v) is 5.62. The van der Waals surface area contributed by atoms with Crippen molar-refractivity contribution in [2.45, 2.75) is 12.5 Å². The number of nitrogens with zero attached hydrogens (tertiary/aromatic N) is 4. The first kappa shape index (κ1) is 19.1. The van der Waals surface area contributed by atoms with Crippen LogP contribution in [0.2, 0.25) is 5.02 Å². The van der Waals surface area contributed by atoms with Crippen LogP contribution in [0.5, 0.6) is 0 Å². The molecule has 2 aliphatic heterocycles. The summed E-state index contributed by atoms with van der Waals surface area (Å²) in [5.41, 5.74) is 2.35. The molecule has 0 amide bonds. The van der Waals surface area contributed by atoms with Crippen LogP contribution in [0.3, 0.4) is 0 Å². The molecule has 1 unspecified atom stereocenters. The van der Waals surface area contributed by atoms with Crippen LogP contribution in [-0.4, -0.2) is 66.0 Å². The highest BCUT2D eigenvalue weighted by molar-refractivity contribution is 6.30. The molecule has 1 aromatic carbocycles. The Morgan fingerprint density at radius 3 is 2.64 bits per heavy atom. The molecule has 1 atom stereocenters. The number of anilines is 1. The molecule has 0 aliphatic carbocycles. The third kappa shape index (κ3) is 4.58. The van der Waals surface area contributed by atoms with Gasteiger partial charge in [0, 0.05) is 50.1 Å². The molecule has 1 saturated heterocycles. The topological polar surface area (TPSA) is 61.4 Å². The van der Waals surface area contributed by atoms with E-state index in [0.29, 0.717) is 6.54 Å². The summed E-state index contributed by atoms with van der Waals surface area (Å²) in [4.78, 5) is 25.8. The zero-order valence-electron chi connectivity index (χ0n) is 15.7. The molecule has 0 bridgehead atoms. The predicted octanol–water partition coefficient (Wildman–Crippen LogP) is 2.27. The fourth-order valence-corrected chi connectivity index (χ4v) is 3.87. The number of hydrogen-bond acceptors (Lipinski definition) is 6. The highest BCUT2D eigenvalue weighted by Crippen LogP contribution is 2.24. The zero-order valence-corrected chi connectivity index (χ0v) is 16.5. The first-order valence-corrected chi connectivity index (χ1v) is 10.0. The second-order valence-corrected chi connectivity index (χ2v) is 7.63. The minimum absolute atomic E-state index is 0.131. The Bertz CT molecular complexity index is 832. The van der Waals surface area contributed by atoms with Crippen molar-refractivity contribution in [2.75, 3.05) is 44.2 Å². The van der Waals surface area contributed by atoms with Gasteiger partial charge in [-0.05, 0) is 29.7 Å². The molecule has 2 aliphatic rings. The predicted molar refractivity (Wildman–Crippen MR) is 112 cm³/mol. The van der Waals surface area contributed by atoms with Gasteiger partial charge in [0.05, 0.1) is 18.8 Å². The number of hydrogen-bond donors (Lipinski definition) is 1. The van der Waals surface area contributed by atoms with Crippen LogP contribution in [0.1, 0.15) is 12.0 Å². The zero-order chi connectivity index (χ0) is 19.3. The lowest BCUT2D eigenvalue weighted by molar-refractivity contribution is -0.122. The summed E-state index contributed by atoms with van der Waals surface area (Å²) in [7, 11) is 0. The van der Waals surface area contributed by atoms with Gasteiger partial charge in [-0.2, -0.15) is 0 Å². The standard InChI is InChI=1S/C21H24ClN5O/c22-18-3-1-16(2-4-18)17-5-6-24-19(13-17)20(28)15-26-9-11-27(12-10-26)21-14-23-7-8-25-21/h1-5,7-8,14,19,24H,6,9-13,15H2.